The van der Waals surface area contributed by atoms with Crippen molar-refractivity contribution in [3.05, 3.63) is 103 Å². The van der Waals surface area contributed by atoms with Crippen molar-refractivity contribution in [3.63, 3.8) is 0 Å². The lowest BCUT2D eigenvalue weighted by Gasteiger charge is -2.32. The van der Waals surface area contributed by atoms with E-state index in [4.69, 9.17) is 17.3 Å². The molecule has 4 rings (SSSR count). The minimum Gasteiger partial charge on any atom is -0.493 e. The Balaban J connectivity index is 1.65. The van der Waals surface area contributed by atoms with Gasteiger partial charge in [0.25, 0.3) is 0 Å². The van der Waals surface area contributed by atoms with Gasteiger partial charge in [0.05, 0.1) is 45.4 Å². The summed E-state index contributed by atoms with van der Waals surface area (Å²) in [4.78, 5) is 38.1. The van der Waals surface area contributed by atoms with Crippen molar-refractivity contribution in [1.29, 1.82) is 0 Å². The van der Waals surface area contributed by atoms with Gasteiger partial charge < -0.3 is 21.3 Å². The van der Waals surface area contributed by atoms with Crippen molar-refractivity contribution in [2.75, 3.05) is 18.8 Å². The van der Waals surface area contributed by atoms with Crippen LogP contribution in [0.1, 0.15) is 44.9 Å². The lowest BCUT2D eigenvalue weighted by molar-refractivity contribution is -0.380. The molecule has 17 heteroatoms. The fraction of sp³-hybridized carbons (Fsp3) is 0.394. The quantitative estimate of drug-likeness (QED) is 0.0734. The maximum absolute atomic E-state index is 14.0. The summed E-state index contributed by atoms with van der Waals surface area (Å²) >= 11 is 6.92. The number of nitrogen functional groups attached to an aromatic ring is 1. The summed E-state index contributed by atoms with van der Waals surface area (Å²) in [6, 6.07) is 12.1. The zero-order valence-electron chi connectivity index (χ0n) is 28.0. The number of sulfonamides is 1. The summed E-state index contributed by atoms with van der Waals surface area (Å²) in [5.74, 6) is -1.69. The van der Waals surface area contributed by atoms with Crippen LogP contribution in [0.2, 0.25) is 5.02 Å². The molecule has 5 N–H and O–H groups in total. The molecule has 0 aliphatic rings. The largest absolute Gasteiger partial charge is 0.493 e. The molecule has 0 spiro atoms. The molecule has 2 aromatic carbocycles. The first-order valence-corrected chi connectivity index (χ1v) is 18.5. The molecule has 2 heterocycles. The van der Waals surface area contributed by atoms with Crippen LogP contribution in [0, 0.1) is 22.0 Å². The van der Waals surface area contributed by atoms with Gasteiger partial charge in [-0.05, 0) is 47.6 Å². The Morgan fingerprint density at radius 1 is 1.10 bits per heavy atom. The van der Waals surface area contributed by atoms with E-state index in [1.54, 1.807) is 26.0 Å². The topological polar surface area (TPSA) is 203 Å². The highest BCUT2D eigenvalue weighted by molar-refractivity contribution is 7.89. The minimum atomic E-state index is -4.17. The first kappa shape index (κ1) is 38.6. The van der Waals surface area contributed by atoms with Crippen molar-refractivity contribution in [3.8, 4) is 5.88 Å². The number of aromatic hydroxyl groups is 1. The number of hydrogen-bond acceptors (Lipinski definition) is 10. The van der Waals surface area contributed by atoms with Crippen molar-refractivity contribution < 1.29 is 28.3 Å². The molecule has 0 saturated carbocycles. The predicted octanol–water partition coefficient (Wildman–Crippen LogP) is 4.24. The molecule has 1 amide bonds. The molecule has 0 saturated heterocycles. The summed E-state index contributed by atoms with van der Waals surface area (Å²) in [6.45, 7) is 6.61. The molecule has 2 aromatic heterocycles. The van der Waals surface area contributed by atoms with Crippen LogP contribution in [0.15, 0.2) is 75.9 Å². The molecule has 0 unspecified atom stereocenters. The van der Waals surface area contributed by atoms with Gasteiger partial charge >= 0.3 is 10.7 Å². The fourth-order valence-corrected chi connectivity index (χ4v) is 8.07. The van der Waals surface area contributed by atoms with Crippen LogP contribution in [0.25, 0.3) is 0 Å². The van der Waals surface area contributed by atoms with E-state index < -0.39 is 56.5 Å². The molecule has 0 aliphatic heterocycles. The maximum Gasteiger partial charge on any atom is 0.332 e. The second-order valence-corrected chi connectivity index (χ2v) is 16.0. The van der Waals surface area contributed by atoms with E-state index in [-0.39, 0.29) is 52.6 Å². The highest BCUT2D eigenvalue weighted by Gasteiger charge is 2.35. The number of aliphatic hydroxyl groups excluding tert-OH is 1. The van der Waals surface area contributed by atoms with Crippen LogP contribution < -0.4 is 16.7 Å². The summed E-state index contributed by atoms with van der Waals surface area (Å²) in [5, 5.41) is 38.0. The molecule has 270 valence electrons. The van der Waals surface area contributed by atoms with Gasteiger partial charge in [0.1, 0.15) is 6.04 Å². The molecule has 0 radical (unpaired) electrons. The normalized spacial score (nSPS) is 13.9. The lowest BCUT2D eigenvalue weighted by atomic mass is 9.98. The summed E-state index contributed by atoms with van der Waals surface area (Å²) in [6.07, 6.45) is -0.153. The van der Waals surface area contributed by atoms with Gasteiger partial charge in [-0.1, -0.05) is 81.0 Å². The number of nitro groups is 1. The Labute approximate surface area is 298 Å². The van der Waals surface area contributed by atoms with Crippen LogP contribution in [0.3, 0.4) is 0 Å². The minimum absolute atomic E-state index is 0.0536. The van der Waals surface area contributed by atoms with Gasteiger partial charge in [0.2, 0.25) is 21.8 Å². The molecule has 50 heavy (non-hydrogen) atoms. The third-order valence-electron chi connectivity index (χ3n) is 8.00. The van der Waals surface area contributed by atoms with Gasteiger partial charge in [-0.2, -0.15) is 4.31 Å². The monoisotopic (exact) mass is 748 g/mol. The molecule has 14 nitrogen and oxygen atoms in total. The standard InChI is InChI=1S/C33H41ClN6O8S2/c1-20(2)15-37(50(47,48)24-10-11-25(34)26(35)14-24)17-28(41)27(12-22-8-6-5-7-9-22)36-32(43)31(21(3)4)39-18-29(42)38(33(39)44)16-23-13-30(40(45)46)49-19-23/h5-11,13-14,18-21,27-28,31,41-42H,12,15-17,35H2,1-4H3,(H,36,43)/t27-,28+,31-/m0/s1. The number of nitrogens with two attached hydrogens (primary N) is 1. The van der Waals surface area contributed by atoms with Crippen molar-refractivity contribution in [1.82, 2.24) is 18.8 Å². The van der Waals surface area contributed by atoms with Crippen molar-refractivity contribution >= 4 is 49.6 Å². The number of rotatable bonds is 16. The number of anilines is 1. The SMILES string of the molecule is CC(C)CN(C[C@@H](O)[C@H](Cc1ccccc1)NC(=O)[C@H](C(C)C)n1cc(O)n(Cc2csc([N+](=O)[O-])c2)c1=O)S(=O)(=O)c1ccc(Cl)c(N)c1. The molecular formula is C33H41ClN6O8S2. The number of aromatic nitrogens is 2. The number of amides is 1. The molecular weight excluding hydrogens is 708 g/mol. The summed E-state index contributed by atoms with van der Waals surface area (Å²) in [5.41, 5.74) is 6.45. The number of imidazole rings is 1. The average molecular weight is 749 g/mol. The number of halogens is 1. The zero-order chi connectivity index (χ0) is 36.9. The highest BCUT2D eigenvalue weighted by Crippen LogP contribution is 2.27. The number of nitrogens with zero attached hydrogens (tertiary/aromatic N) is 4. The van der Waals surface area contributed by atoms with Crippen LogP contribution in [-0.2, 0) is 27.8 Å². The van der Waals surface area contributed by atoms with Crippen molar-refractivity contribution in [2.24, 2.45) is 11.8 Å². The Bertz CT molecular complexity index is 1980. The van der Waals surface area contributed by atoms with E-state index in [1.165, 1.54) is 29.6 Å². The molecule has 0 fully saturated rings. The van der Waals surface area contributed by atoms with Gasteiger partial charge in [0.15, 0.2) is 0 Å². The Morgan fingerprint density at radius 2 is 1.78 bits per heavy atom. The second kappa shape index (κ2) is 16.2. The van der Waals surface area contributed by atoms with Crippen LogP contribution >= 0.6 is 22.9 Å². The number of hydrogen-bond donors (Lipinski definition) is 4. The molecule has 4 aromatic rings. The van der Waals surface area contributed by atoms with Gasteiger partial charge in [0, 0.05) is 24.5 Å². The van der Waals surface area contributed by atoms with Gasteiger partial charge in [-0.25, -0.2) is 13.2 Å². The predicted molar refractivity (Wildman–Crippen MR) is 192 cm³/mol. The van der Waals surface area contributed by atoms with E-state index in [9.17, 15) is 38.3 Å². The highest BCUT2D eigenvalue weighted by atomic mass is 35.5. The smallest absolute Gasteiger partial charge is 0.332 e. The number of nitrogens with one attached hydrogen (secondary N) is 1. The summed E-state index contributed by atoms with van der Waals surface area (Å²) in [7, 11) is -4.17. The number of benzene rings is 2. The zero-order valence-corrected chi connectivity index (χ0v) is 30.4. The number of thiophene rings is 1. The molecule has 0 aliphatic carbocycles. The second-order valence-electron chi connectivity index (χ2n) is 12.8. The van der Waals surface area contributed by atoms with Crippen LogP contribution in [0.4, 0.5) is 10.7 Å². The first-order chi connectivity index (χ1) is 23.5. The number of carbonyl (C=O) groups excluding carboxylic acids is 1. The Kier molecular flexibility index (Phi) is 12.5. The number of carbonyl (C=O) groups is 1. The Hall–Kier alpha value is -4.22. The number of aliphatic hydroxyl groups is 1. The third kappa shape index (κ3) is 9.11. The third-order valence-corrected chi connectivity index (χ3v) is 11.1. The average Bonchev–Trinajstić information content (AvgIpc) is 3.62. The molecule has 0 bridgehead atoms. The first-order valence-electron chi connectivity index (χ1n) is 15.8. The maximum atomic E-state index is 14.0. The Morgan fingerprint density at radius 3 is 2.36 bits per heavy atom. The van der Waals surface area contributed by atoms with E-state index in [0.29, 0.717) is 5.56 Å². The van der Waals surface area contributed by atoms with E-state index in [0.717, 1.165) is 36.5 Å². The lowest BCUT2D eigenvalue weighted by Crippen LogP contribution is -2.53. The van der Waals surface area contributed by atoms with E-state index in [2.05, 4.69) is 5.32 Å². The van der Waals surface area contributed by atoms with Gasteiger partial charge in [-0.3, -0.25) is 24.0 Å². The van der Waals surface area contributed by atoms with E-state index >= 15 is 0 Å². The summed E-state index contributed by atoms with van der Waals surface area (Å²) < 4.78 is 30.9. The van der Waals surface area contributed by atoms with Crippen LogP contribution in [-0.4, -0.2) is 68.1 Å². The van der Waals surface area contributed by atoms with Gasteiger partial charge in [-0.15, -0.1) is 0 Å². The fourth-order valence-electron chi connectivity index (χ4n) is 5.57. The van der Waals surface area contributed by atoms with E-state index in [1.807, 2.05) is 32.0 Å². The molecule has 3 atom stereocenters. The van der Waals surface area contributed by atoms with Crippen molar-refractivity contribution in [2.45, 2.75) is 63.7 Å². The van der Waals surface area contributed by atoms with Crippen LogP contribution in [0.5, 0.6) is 5.88 Å².